The molecule has 2 rings (SSSR count). The minimum atomic E-state index is 0.730. The SMILES string of the molecule is CCc1cnn(-c2cc(Br)nc(C)n2)c1. The van der Waals surface area contributed by atoms with Crippen LogP contribution in [-0.4, -0.2) is 19.7 Å². The summed E-state index contributed by atoms with van der Waals surface area (Å²) in [5.41, 5.74) is 1.20. The largest absolute Gasteiger partial charge is 0.226 e. The Morgan fingerprint density at radius 2 is 2.20 bits per heavy atom. The highest BCUT2D eigenvalue weighted by Crippen LogP contribution is 2.12. The molecule has 0 aromatic carbocycles. The first-order valence-corrected chi connectivity index (χ1v) is 5.53. The number of hydrogen-bond acceptors (Lipinski definition) is 3. The summed E-state index contributed by atoms with van der Waals surface area (Å²) >= 11 is 3.34. The molecule has 0 spiro atoms. The first-order chi connectivity index (χ1) is 7.19. The third-order valence-electron chi connectivity index (χ3n) is 2.07. The first-order valence-electron chi connectivity index (χ1n) is 4.74. The standard InChI is InChI=1S/C10H11BrN4/c1-3-8-5-12-15(6-8)10-4-9(11)13-7(2)14-10/h4-6H,3H2,1-2H3. The van der Waals surface area contributed by atoms with Crippen molar-refractivity contribution in [2.24, 2.45) is 0 Å². The van der Waals surface area contributed by atoms with Gasteiger partial charge in [-0.2, -0.15) is 5.10 Å². The van der Waals surface area contributed by atoms with Gasteiger partial charge in [-0.3, -0.25) is 0 Å². The van der Waals surface area contributed by atoms with E-state index in [0.29, 0.717) is 0 Å². The minimum absolute atomic E-state index is 0.730. The van der Waals surface area contributed by atoms with Crippen LogP contribution in [0.4, 0.5) is 0 Å². The molecular formula is C10H11BrN4. The lowest BCUT2D eigenvalue weighted by Crippen LogP contribution is -2.01. The molecule has 0 aliphatic rings. The van der Waals surface area contributed by atoms with Gasteiger partial charge in [-0.15, -0.1) is 0 Å². The molecule has 0 saturated heterocycles. The Morgan fingerprint density at radius 1 is 1.40 bits per heavy atom. The van der Waals surface area contributed by atoms with Crippen molar-refractivity contribution >= 4 is 15.9 Å². The fraction of sp³-hybridized carbons (Fsp3) is 0.300. The molecule has 78 valence electrons. The van der Waals surface area contributed by atoms with E-state index in [2.05, 4.69) is 37.9 Å². The van der Waals surface area contributed by atoms with E-state index in [-0.39, 0.29) is 0 Å². The number of rotatable bonds is 2. The molecule has 0 fully saturated rings. The third-order valence-corrected chi connectivity index (χ3v) is 2.48. The molecule has 0 saturated carbocycles. The van der Waals surface area contributed by atoms with Gasteiger partial charge in [0.05, 0.1) is 6.20 Å². The van der Waals surface area contributed by atoms with Gasteiger partial charge in [-0.05, 0) is 34.8 Å². The number of aryl methyl sites for hydroxylation is 2. The average Bonchev–Trinajstić information content (AvgIpc) is 2.64. The minimum Gasteiger partial charge on any atom is -0.226 e. The molecule has 0 amide bonds. The summed E-state index contributed by atoms with van der Waals surface area (Å²) in [7, 11) is 0. The molecule has 0 atom stereocenters. The van der Waals surface area contributed by atoms with Gasteiger partial charge in [0.2, 0.25) is 0 Å². The smallest absolute Gasteiger partial charge is 0.158 e. The average molecular weight is 267 g/mol. The predicted molar refractivity (Wildman–Crippen MR) is 61.0 cm³/mol. The fourth-order valence-corrected chi connectivity index (χ4v) is 1.76. The Balaban J connectivity index is 2.44. The predicted octanol–water partition coefficient (Wildman–Crippen LogP) is 2.30. The van der Waals surface area contributed by atoms with Crippen molar-refractivity contribution in [1.82, 2.24) is 19.7 Å². The summed E-state index contributed by atoms with van der Waals surface area (Å²) in [6, 6.07) is 1.85. The maximum atomic E-state index is 4.31. The van der Waals surface area contributed by atoms with E-state index in [0.717, 1.165) is 22.7 Å². The topological polar surface area (TPSA) is 43.6 Å². The van der Waals surface area contributed by atoms with Crippen molar-refractivity contribution in [1.29, 1.82) is 0 Å². The van der Waals surface area contributed by atoms with Crippen molar-refractivity contribution < 1.29 is 0 Å². The number of aromatic nitrogens is 4. The molecule has 4 nitrogen and oxygen atoms in total. The van der Waals surface area contributed by atoms with E-state index < -0.39 is 0 Å². The fourth-order valence-electron chi connectivity index (χ4n) is 1.30. The first kappa shape index (κ1) is 10.3. The molecule has 2 heterocycles. The second-order valence-electron chi connectivity index (χ2n) is 3.24. The lowest BCUT2D eigenvalue weighted by atomic mass is 10.3. The highest BCUT2D eigenvalue weighted by atomic mass is 79.9. The summed E-state index contributed by atoms with van der Waals surface area (Å²) in [5, 5.41) is 4.25. The molecular weight excluding hydrogens is 256 g/mol. The van der Waals surface area contributed by atoms with E-state index in [1.165, 1.54) is 5.56 Å². The molecule has 0 aliphatic carbocycles. The number of nitrogens with zero attached hydrogens (tertiary/aromatic N) is 4. The molecule has 2 aromatic heterocycles. The van der Waals surface area contributed by atoms with Gasteiger partial charge in [0.15, 0.2) is 5.82 Å². The van der Waals surface area contributed by atoms with Gasteiger partial charge < -0.3 is 0 Å². The van der Waals surface area contributed by atoms with Crippen LogP contribution >= 0.6 is 15.9 Å². The Hall–Kier alpha value is -1.23. The summed E-state index contributed by atoms with van der Waals surface area (Å²) in [6.45, 7) is 3.96. The summed E-state index contributed by atoms with van der Waals surface area (Å²) in [6.07, 6.45) is 4.81. The normalized spacial score (nSPS) is 10.6. The second-order valence-corrected chi connectivity index (χ2v) is 4.06. The molecule has 0 bridgehead atoms. The summed E-state index contributed by atoms with van der Waals surface area (Å²) in [5.74, 6) is 1.52. The van der Waals surface area contributed by atoms with Crippen LogP contribution in [0.2, 0.25) is 0 Å². The van der Waals surface area contributed by atoms with Gasteiger partial charge in [0.1, 0.15) is 10.4 Å². The molecule has 5 heteroatoms. The molecule has 15 heavy (non-hydrogen) atoms. The van der Waals surface area contributed by atoms with Crippen molar-refractivity contribution in [2.75, 3.05) is 0 Å². The monoisotopic (exact) mass is 266 g/mol. The summed E-state index contributed by atoms with van der Waals surface area (Å²) < 4.78 is 2.54. The number of hydrogen-bond donors (Lipinski definition) is 0. The van der Waals surface area contributed by atoms with E-state index in [1.807, 2.05) is 25.4 Å². The van der Waals surface area contributed by atoms with Crippen molar-refractivity contribution in [3.63, 3.8) is 0 Å². The Kier molecular flexibility index (Phi) is 2.81. The van der Waals surface area contributed by atoms with Gasteiger partial charge in [-0.25, -0.2) is 14.6 Å². The highest BCUT2D eigenvalue weighted by Gasteiger charge is 2.03. The molecule has 0 aliphatic heterocycles. The molecule has 0 radical (unpaired) electrons. The Labute approximate surface area is 96.5 Å². The van der Waals surface area contributed by atoms with Crippen LogP contribution in [0.15, 0.2) is 23.1 Å². The van der Waals surface area contributed by atoms with Gasteiger partial charge >= 0.3 is 0 Å². The van der Waals surface area contributed by atoms with Crippen molar-refractivity contribution in [2.45, 2.75) is 20.3 Å². The van der Waals surface area contributed by atoms with Crippen LogP contribution in [0.1, 0.15) is 18.3 Å². The summed E-state index contributed by atoms with van der Waals surface area (Å²) in [4.78, 5) is 8.46. The zero-order valence-electron chi connectivity index (χ0n) is 8.61. The lowest BCUT2D eigenvalue weighted by molar-refractivity contribution is 0.824. The van der Waals surface area contributed by atoms with Crippen LogP contribution in [0.25, 0.3) is 5.82 Å². The third kappa shape index (κ3) is 2.23. The zero-order valence-corrected chi connectivity index (χ0v) is 10.2. The van der Waals surface area contributed by atoms with Gasteiger partial charge in [0, 0.05) is 12.3 Å². The maximum absolute atomic E-state index is 4.31. The van der Waals surface area contributed by atoms with Crippen LogP contribution in [-0.2, 0) is 6.42 Å². The van der Waals surface area contributed by atoms with E-state index in [4.69, 9.17) is 0 Å². The molecule has 0 N–H and O–H groups in total. The lowest BCUT2D eigenvalue weighted by Gasteiger charge is -2.01. The molecule has 0 unspecified atom stereocenters. The maximum Gasteiger partial charge on any atom is 0.158 e. The van der Waals surface area contributed by atoms with Crippen molar-refractivity contribution in [3.05, 3.63) is 34.5 Å². The number of halogens is 1. The van der Waals surface area contributed by atoms with Gasteiger partial charge in [-0.1, -0.05) is 6.92 Å². The zero-order chi connectivity index (χ0) is 10.8. The van der Waals surface area contributed by atoms with E-state index in [1.54, 1.807) is 4.68 Å². The van der Waals surface area contributed by atoms with Crippen LogP contribution < -0.4 is 0 Å². The van der Waals surface area contributed by atoms with E-state index in [9.17, 15) is 0 Å². The van der Waals surface area contributed by atoms with Crippen LogP contribution in [0.3, 0.4) is 0 Å². The van der Waals surface area contributed by atoms with Crippen LogP contribution in [0, 0.1) is 6.92 Å². The Bertz CT molecular complexity index is 458. The highest BCUT2D eigenvalue weighted by molar-refractivity contribution is 9.10. The van der Waals surface area contributed by atoms with Crippen molar-refractivity contribution in [3.8, 4) is 5.82 Å². The van der Waals surface area contributed by atoms with Gasteiger partial charge in [0.25, 0.3) is 0 Å². The molecule has 2 aromatic rings. The second kappa shape index (κ2) is 4.10. The van der Waals surface area contributed by atoms with Crippen LogP contribution in [0.5, 0.6) is 0 Å². The van der Waals surface area contributed by atoms with E-state index >= 15 is 0 Å². The Morgan fingerprint density at radius 3 is 2.80 bits per heavy atom. The quantitative estimate of drug-likeness (QED) is 0.784.